The molecule has 2 aromatic rings. The summed E-state index contributed by atoms with van der Waals surface area (Å²) in [6, 6.07) is 12.1. The molecule has 0 unspecified atom stereocenters. The maximum absolute atomic E-state index is 12.0. The summed E-state index contributed by atoms with van der Waals surface area (Å²) in [6.07, 6.45) is 0. The Morgan fingerprint density at radius 2 is 1.74 bits per heavy atom. The van der Waals surface area contributed by atoms with Gasteiger partial charge in [0.25, 0.3) is 5.91 Å². The van der Waals surface area contributed by atoms with Crippen molar-refractivity contribution in [2.75, 3.05) is 17.2 Å². The summed E-state index contributed by atoms with van der Waals surface area (Å²) in [5, 5.41) is 6.01. The van der Waals surface area contributed by atoms with Crippen LogP contribution in [-0.2, 0) is 9.59 Å². The van der Waals surface area contributed by atoms with Crippen LogP contribution in [0.25, 0.3) is 0 Å². The van der Waals surface area contributed by atoms with Crippen molar-refractivity contribution in [3.63, 3.8) is 0 Å². The highest BCUT2D eigenvalue weighted by Crippen LogP contribution is 2.22. The van der Waals surface area contributed by atoms with Gasteiger partial charge in [0.05, 0.1) is 11.4 Å². The van der Waals surface area contributed by atoms with Crippen LogP contribution in [-0.4, -0.2) is 18.4 Å². The van der Waals surface area contributed by atoms with Gasteiger partial charge < -0.3 is 15.4 Å². The van der Waals surface area contributed by atoms with Crippen molar-refractivity contribution in [1.82, 2.24) is 0 Å². The third kappa shape index (κ3) is 5.00. The summed E-state index contributed by atoms with van der Waals surface area (Å²) in [7, 11) is 0. The molecular formula is C17H17ClN2O3. The number of carbonyl (C=O) groups is 2. The molecule has 23 heavy (non-hydrogen) atoms. The lowest BCUT2D eigenvalue weighted by molar-refractivity contribution is -0.118. The minimum atomic E-state index is -0.324. The summed E-state index contributed by atoms with van der Waals surface area (Å²) in [4.78, 5) is 23.2. The van der Waals surface area contributed by atoms with Gasteiger partial charge >= 0.3 is 0 Å². The second-order valence-electron chi connectivity index (χ2n) is 4.97. The van der Waals surface area contributed by atoms with E-state index in [0.717, 1.165) is 5.56 Å². The first-order valence-corrected chi connectivity index (χ1v) is 7.39. The molecule has 6 heteroatoms. The largest absolute Gasteiger partial charge is 0.484 e. The summed E-state index contributed by atoms with van der Waals surface area (Å²) < 4.78 is 5.44. The fourth-order valence-electron chi connectivity index (χ4n) is 1.93. The fraction of sp³-hybridized carbons (Fsp3) is 0.176. The molecule has 0 radical (unpaired) electrons. The number of anilines is 2. The van der Waals surface area contributed by atoms with E-state index in [1.54, 1.807) is 42.5 Å². The number of rotatable bonds is 5. The molecule has 0 aromatic heterocycles. The molecule has 2 N–H and O–H groups in total. The van der Waals surface area contributed by atoms with E-state index >= 15 is 0 Å². The van der Waals surface area contributed by atoms with Crippen LogP contribution in [0.2, 0.25) is 5.02 Å². The van der Waals surface area contributed by atoms with Gasteiger partial charge in [-0.25, -0.2) is 0 Å². The van der Waals surface area contributed by atoms with Gasteiger partial charge in [-0.3, -0.25) is 9.59 Å². The van der Waals surface area contributed by atoms with Crippen molar-refractivity contribution in [3.8, 4) is 5.75 Å². The lowest BCUT2D eigenvalue weighted by Gasteiger charge is -2.12. The van der Waals surface area contributed by atoms with Crippen molar-refractivity contribution >= 4 is 34.8 Å². The van der Waals surface area contributed by atoms with Crippen LogP contribution in [0.15, 0.2) is 42.5 Å². The molecule has 0 saturated heterocycles. The third-order valence-corrected chi connectivity index (χ3v) is 3.44. The van der Waals surface area contributed by atoms with E-state index in [1.807, 2.05) is 6.92 Å². The molecule has 0 aliphatic carbocycles. The smallest absolute Gasteiger partial charge is 0.262 e. The predicted octanol–water partition coefficient (Wildman–Crippen LogP) is 3.62. The van der Waals surface area contributed by atoms with E-state index in [2.05, 4.69) is 10.6 Å². The van der Waals surface area contributed by atoms with E-state index in [4.69, 9.17) is 16.3 Å². The Morgan fingerprint density at radius 3 is 2.35 bits per heavy atom. The number of carbonyl (C=O) groups excluding carboxylic acids is 2. The highest BCUT2D eigenvalue weighted by Gasteiger charge is 2.08. The second kappa shape index (κ2) is 7.65. The van der Waals surface area contributed by atoms with Gasteiger partial charge in [-0.05, 0) is 42.8 Å². The van der Waals surface area contributed by atoms with Crippen molar-refractivity contribution in [2.24, 2.45) is 0 Å². The summed E-state index contributed by atoms with van der Waals surface area (Å²) >= 11 is 5.94. The SMILES string of the molecule is CC(=O)Nc1ccccc1NC(=O)COc1ccc(Cl)c(C)c1. The van der Waals surface area contributed by atoms with Crippen molar-refractivity contribution in [1.29, 1.82) is 0 Å². The molecule has 0 heterocycles. The number of aryl methyl sites for hydroxylation is 1. The number of para-hydroxylation sites is 2. The highest BCUT2D eigenvalue weighted by molar-refractivity contribution is 6.31. The number of amides is 2. The standard InChI is InChI=1S/C17H17ClN2O3/c1-11-9-13(7-8-14(11)18)23-10-17(22)20-16-6-4-3-5-15(16)19-12(2)21/h3-9H,10H2,1-2H3,(H,19,21)(H,20,22). The van der Waals surface area contributed by atoms with Gasteiger partial charge in [-0.1, -0.05) is 23.7 Å². The van der Waals surface area contributed by atoms with Gasteiger partial charge in [-0.15, -0.1) is 0 Å². The zero-order valence-corrected chi connectivity index (χ0v) is 13.6. The third-order valence-electron chi connectivity index (χ3n) is 3.01. The number of halogens is 1. The molecule has 0 bridgehead atoms. The Balaban J connectivity index is 1.97. The molecule has 2 rings (SSSR count). The van der Waals surface area contributed by atoms with Crippen LogP contribution in [0.1, 0.15) is 12.5 Å². The maximum Gasteiger partial charge on any atom is 0.262 e. The number of ether oxygens (including phenoxy) is 1. The highest BCUT2D eigenvalue weighted by atomic mass is 35.5. The fourth-order valence-corrected chi connectivity index (χ4v) is 2.05. The summed E-state index contributed by atoms with van der Waals surface area (Å²) in [5.74, 6) is 0.0344. The molecule has 5 nitrogen and oxygen atoms in total. The molecule has 120 valence electrons. The molecular weight excluding hydrogens is 316 g/mol. The Labute approximate surface area is 139 Å². The Morgan fingerprint density at radius 1 is 1.09 bits per heavy atom. The van der Waals surface area contributed by atoms with Crippen molar-refractivity contribution in [2.45, 2.75) is 13.8 Å². The van der Waals surface area contributed by atoms with Gasteiger partial charge in [0, 0.05) is 11.9 Å². The first-order chi connectivity index (χ1) is 11.0. The van der Waals surface area contributed by atoms with Crippen molar-refractivity contribution in [3.05, 3.63) is 53.1 Å². The summed E-state index contributed by atoms with van der Waals surface area (Å²) in [5.41, 5.74) is 1.93. The van der Waals surface area contributed by atoms with E-state index in [0.29, 0.717) is 22.1 Å². The van der Waals surface area contributed by atoms with Crippen LogP contribution in [0.4, 0.5) is 11.4 Å². The number of benzene rings is 2. The summed E-state index contributed by atoms with van der Waals surface area (Å²) in [6.45, 7) is 3.12. The number of hydrogen-bond acceptors (Lipinski definition) is 3. The normalized spacial score (nSPS) is 10.0. The van der Waals surface area contributed by atoms with E-state index in [-0.39, 0.29) is 18.4 Å². The van der Waals surface area contributed by atoms with Crippen LogP contribution >= 0.6 is 11.6 Å². The monoisotopic (exact) mass is 332 g/mol. The van der Waals surface area contributed by atoms with Gasteiger partial charge in [0.15, 0.2) is 6.61 Å². The molecule has 0 spiro atoms. The number of hydrogen-bond donors (Lipinski definition) is 2. The lowest BCUT2D eigenvalue weighted by Crippen LogP contribution is -2.21. The second-order valence-corrected chi connectivity index (χ2v) is 5.38. The van der Waals surface area contributed by atoms with E-state index in [1.165, 1.54) is 6.92 Å². The zero-order valence-electron chi connectivity index (χ0n) is 12.9. The molecule has 2 aromatic carbocycles. The maximum atomic E-state index is 12.0. The Bertz CT molecular complexity index is 732. The molecule has 0 saturated carbocycles. The molecule has 0 fully saturated rings. The minimum Gasteiger partial charge on any atom is -0.484 e. The molecule has 0 atom stereocenters. The Hall–Kier alpha value is -2.53. The first-order valence-electron chi connectivity index (χ1n) is 7.01. The molecule has 0 aliphatic rings. The van der Waals surface area contributed by atoms with Crippen LogP contribution < -0.4 is 15.4 Å². The molecule has 2 amide bonds. The topological polar surface area (TPSA) is 67.4 Å². The minimum absolute atomic E-state index is 0.143. The number of nitrogens with one attached hydrogen (secondary N) is 2. The van der Waals surface area contributed by atoms with E-state index in [9.17, 15) is 9.59 Å². The predicted molar refractivity (Wildman–Crippen MR) is 91.1 cm³/mol. The quantitative estimate of drug-likeness (QED) is 0.878. The van der Waals surface area contributed by atoms with Gasteiger partial charge in [-0.2, -0.15) is 0 Å². The van der Waals surface area contributed by atoms with Gasteiger partial charge in [0.1, 0.15) is 5.75 Å². The van der Waals surface area contributed by atoms with Crippen molar-refractivity contribution < 1.29 is 14.3 Å². The van der Waals surface area contributed by atoms with Gasteiger partial charge in [0.2, 0.25) is 5.91 Å². The van der Waals surface area contributed by atoms with Crippen LogP contribution in [0.3, 0.4) is 0 Å². The van der Waals surface area contributed by atoms with Crippen LogP contribution in [0.5, 0.6) is 5.75 Å². The average Bonchev–Trinajstić information content (AvgIpc) is 2.50. The average molecular weight is 333 g/mol. The zero-order chi connectivity index (χ0) is 16.8. The molecule has 0 aliphatic heterocycles. The lowest BCUT2D eigenvalue weighted by atomic mass is 10.2. The first kappa shape index (κ1) is 16.8. The van der Waals surface area contributed by atoms with E-state index < -0.39 is 0 Å². The Kier molecular flexibility index (Phi) is 5.60. The van der Waals surface area contributed by atoms with Crippen LogP contribution in [0, 0.1) is 6.92 Å².